The summed E-state index contributed by atoms with van der Waals surface area (Å²) < 4.78 is 0. The van der Waals surface area contributed by atoms with Crippen LogP contribution in [0.25, 0.3) is 0 Å². The number of carbonyl (C=O) groups excluding carboxylic acids is 1. The number of rotatable bonds is 6. The molecule has 1 aliphatic rings. The minimum atomic E-state index is 0.169. The molecule has 0 bridgehead atoms. The van der Waals surface area contributed by atoms with Crippen molar-refractivity contribution in [2.45, 2.75) is 32.2 Å². The van der Waals surface area contributed by atoms with Crippen LogP contribution in [0, 0.1) is 11.8 Å². The maximum Gasteiger partial charge on any atom is 0.223 e. The predicted octanol–water partition coefficient (Wildman–Crippen LogP) is 3.15. The van der Waals surface area contributed by atoms with Crippen LogP contribution in [0.4, 0.5) is 0 Å². The van der Waals surface area contributed by atoms with Crippen molar-refractivity contribution in [3.8, 4) is 0 Å². The number of nitrogens with one attached hydrogen (secondary N) is 1. The molecular formula is C15H20BrNO. The molecule has 0 aliphatic heterocycles. The lowest BCUT2D eigenvalue weighted by molar-refractivity contribution is -0.125. The first-order valence-corrected chi connectivity index (χ1v) is 7.73. The van der Waals surface area contributed by atoms with Crippen LogP contribution < -0.4 is 5.32 Å². The van der Waals surface area contributed by atoms with Crippen molar-refractivity contribution in [1.82, 2.24) is 5.32 Å². The Balaban J connectivity index is 1.86. The first-order chi connectivity index (χ1) is 8.70. The molecule has 0 saturated heterocycles. The molecule has 1 aromatic carbocycles. The molecule has 98 valence electrons. The van der Waals surface area contributed by atoms with Crippen LogP contribution in [0.15, 0.2) is 30.3 Å². The molecule has 2 rings (SSSR count). The van der Waals surface area contributed by atoms with Crippen LogP contribution in [0.5, 0.6) is 0 Å². The molecular weight excluding hydrogens is 290 g/mol. The second-order valence-electron chi connectivity index (χ2n) is 5.18. The molecule has 0 heterocycles. The zero-order chi connectivity index (χ0) is 13.0. The molecule has 18 heavy (non-hydrogen) atoms. The highest BCUT2D eigenvalue weighted by Gasteiger charge is 2.33. The number of halogens is 1. The van der Waals surface area contributed by atoms with Gasteiger partial charge in [0.1, 0.15) is 0 Å². The van der Waals surface area contributed by atoms with Crippen LogP contribution in [-0.4, -0.2) is 17.3 Å². The van der Waals surface area contributed by atoms with Gasteiger partial charge in [-0.1, -0.05) is 53.2 Å². The van der Waals surface area contributed by atoms with E-state index >= 15 is 0 Å². The quantitative estimate of drug-likeness (QED) is 0.804. The number of hydrogen-bond donors (Lipinski definition) is 1. The fourth-order valence-corrected chi connectivity index (χ4v) is 2.58. The maximum absolute atomic E-state index is 12.1. The Morgan fingerprint density at radius 3 is 2.61 bits per heavy atom. The van der Waals surface area contributed by atoms with Crippen LogP contribution in [0.3, 0.4) is 0 Å². The van der Waals surface area contributed by atoms with E-state index in [4.69, 9.17) is 0 Å². The molecule has 2 atom stereocenters. The summed E-state index contributed by atoms with van der Waals surface area (Å²) in [6.07, 6.45) is 3.31. The highest BCUT2D eigenvalue weighted by Crippen LogP contribution is 2.36. The Hall–Kier alpha value is -0.830. The van der Waals surface area contributed by atoms with E-state index < -0.39 is 0 Å². The van der Waals surface area contributed by atoms with Gasteiger partial charge < -0.3 is 5.32 Å². The van der Waals surface area contributed by atoms with Crippen LogP contribution in [0.2, 0.25) is 0 Å². The number of amides is 1. The summed E-state index contributed by atoms with van der Waals surface area (Å²) in [6.45, 7) is 2.04. The lowest BCUT2D eigenvalue weighted by Crippen LogP contribution is -2.41. The van der Waals surface area contributed by atoms with E-state index in [-0.39, 0.29) is 17.9 Å². The van der Waals surface area contributed by atoms with Crippen LogP contribution >= 0.6 is 15.9 Å². The number of hydrogen-bond acceptors (Lipinski definition) is 1. The summed E-state index contributed by atoms with van der Waals surface area (Å²) in [5, 5.41) is 3.95. The molecule has 0 spiro atoms. The number of carbonyl (C=O) groups is 1. The molecule has 2 nitrogen and oxygen atoms in total. The molecule has 0 aromatic heterocycles. The van der Waals surface area contributed by atoms with Crippen molar-refractivity contribution < 1.29 is 4.79 Å². The van der Waals surface area contributed by atoms with Gasteiger partial charge in [0, 0.05) is 17.3 Å². The standard InChI is InChI=1S/C15H20BrNO/c1-11(13-7-8-13)15(18)17-14(10-16)9-12-5-3-2-4-6-12/h2-6,11,13-14H,7-10H2,1H3,(H,17,18). The molecule has 1 saturated carbocycles. The molecule has 1 aromatic rings. The largest absolute Gasteiger partial charge is 0.352 e. The summed E-state index contributed by atoms with van der Waals surface area (Å²) in [7, 11) is 0. The van der Waals surface area contributed by atoms with E-state index in [2.05, 4.69) is 33.4 Å². The van der Waals surface area contributed by atoms with E-state index in [9.17, 15) is 4.79 Å². The highest BCUT2D eigenvalue weighted by atomic mass is 79.9. The van der Waals surface area contributed by atoms with Gasteiger partial charge >= 0.3 is 0 Å². The van der Waals surface area contributed by atoms with Gasteiger partial charge in [-0.15, -0.1) is 0 Å². The van der Waals surface area contributed by atoms with E-state index in [0.717, 1.165) is 11.8 Å². The van der Waals surface area contributed by atoms with Gasteiger partial charge in [0.15, 0.2) is 0 Å². The third-order valence-electron chi connectivity index (χ3n) is 3.60. The molecule has 1 fully saturated rings. The first kappa shape index (κ1) is 13.6. The number of alkyl halides is 1. The molecule has 0 radical (unpaired) electrons. The third-order valence-corrected chi connectivity index (χ3v) is 4.38. The average Bonchev–Trinajstić information content (AvgIpc) is 3.22. The monoisotopic (exact) mass is 309 g/mol. The normalized spacial score (nSPS) is 18.1. The van der Waals surface area contributed by atoms with Crippen molar-refractivity contribution in [2.75, 3.05) is 5.33 Å². The van der Waals surface area contributed by atoms with E-state index in [1.165, 1.54) is 18.4 Å². The van der Waals surface area contributed by atoms with Gasteiger partial charge in [0.2, 0.25) is 5.91 Å². The Bertz CT molecular complexity index is 389. The Morgan fingerprint density at radius 2 is 2.06 bits per heavy atom. The van der Waals surface area contributed by atoms with Gasteiger partial charge in [0.25, 0.3) is 0 Å². The minimum Gasteiger partial charge on any atom is -0.352 e. The second kappa shape index (κ2) is 6.37. The predicted molar refractivity (Wildman–Crippen MR) is 77.8 cm³/mol. The zero-order valence-electron chi connectivity index (χ0n) is 10.7. The van der Waals surface area contributed by atoms with Crippen LogP contribution in [-0.2, 0) is 11.2 Å². The van der Waals surface area contributed by atoms with Gasteiger partial charge in [-0.05, 0) is 30.7 Å². The van der Waals surface area contributed by atoms with Crippen molar-refractivity contribution >= 4 is 21.8 Å². The highest BCUT2D eigenvalue weighted by molar-refractivity contribution is 9.09. The minimum absolute atomic E-state index is 0.169. The molecule has 3 heteroatoms. The Morgan fingerprint density at radius 1 is 1.39 bits per heavy atom. The number of benzene rings is 1. The van der Waals surface area contributed by atoms with Crippen molar-refractivity contribution in [2.24, 2.45) is 11.8 Å². The summed E-state index contributed by atoms with van der Waals surface area (Å²) in [5.74, 6) is 0.998. The lowest BCUT2D eigenvalue weighted by atomic mass is 10.0. The van der Waals surface area contributed by atoms with Gasteiger partial charge in [-0.25, -0.2) is 0 Å². The molecule has 1 aliphatic carbocycles. The van der Waals surface area contributed by atoms with E-state index in [1.807, 2.05) is 25.1 Å². The average molecular weight is 310 g/mol. The Labute approximate surface area is 117 Å². The topological polar surface area (TPSA) is 29.1 Å². The summed E-state index contributed by atoms with van der Waals surface area (Å²) in [5.41, 5.74) is 1.27. The fourth-order valence-electron chi connectivity index (χ4n) is 2.19. The van der Waals surface area contributed by atoms with Gasteiger partial charge in [-0.2, -0.15) is 0 Å². The first-order valence-electron chi connectivity index (χ1n) is 6.61. The summed E-state index contributed by atoms with van der Waals surface area (Å²) in [6, 6.07) is 10.5. The molecule has 1 amide bonds. The summed E-state index contributed by atoms with van der Waals surface area (Å²) >= 11 is 3.49. The van der Waals surface area contributed by atoms with Gasteiger partial charge in [-0.3, -0.25) is 4.79 Å². The van der Waals surface area contributed by atoms with Gasteiger partial charge in [0.05, 0.1) is 0 Å². The summed E-state index contributed by atoms with van der Waals surface area (Å²) in [4.78, 5) is 12.1. The lowest BCUT2D eigenvalue weighted by Gasteiger charge is -2.19. The van der Waals surface area contributed by atoms with Crippen molar-refractivity contribution in [3.05, 3.63) is 35.9 Å². The van der Waals surface area contributed by atoms with E-state index in [1.54, 1.807) is 0 Å². The SMILES string of the molecule is CC(C(=O)NC(CBr)Cc1ccccc1)C1CC1. The van der Waals surface area contributed by atoms with Crippen molar-refractivity contribution in [1.29, 1.82) is 0 Å². The molecule has 1 N–H and O–H groups in total. The fraction of sp³-hybridized carbons (Fsp3) is 0.533. The maximum atomic E-state index is 12.1. The van der Waals surface area contributed by atoms with E-state index in [0.29, 0.717) is 5.92 Å². The Kier molecular flexibility index (Phi) is 4.81. The van der Waals surface area contributed by atoms with Crippen LogP contribution in [0.1, 0.15) is 25.3 Å². The molecule has 2 unspecified atom stereocenters. The smallest absolute Gasteiger partial charge is 0.223 e. The second-order valence-corrected chi connectivity index (χ2v) is 5.82. The third kappa shape index (κ3) is 3.84. The van der Waals surface area contributed by atoms with Crippen molar-refractivity contribution in [3.63, 3.8) is 0 Å². The zero-order valence-corrected chi connectivity index (χ0v) is 12.3.